The first-order valence-corrected chi connectivity index (χ1v) is 10.1. The lowest BCUT2D eigenvalue weighted by molar-refractivity contribution is -0.150. The van der Waals surface area contributed by atoms with Gasteiger partial charge in [0.1, 0.15) is 5.75 Å². The van der Waals surface area contributed by atoms with Crippen LogP contribution >= 0.6 is 0 Å². The van der Waals surface area contributed by atoms with Crippen molar-refractivity contribution < 1.29 is 24.2 Å². The molecule has 3 aromatic carbocycles. The maximum Gasteiger partial charge on any atom is 0.315 e. The first-order chi connectivity index (χ1) is 15.9. The Hall–Kier alpha value is -4.42. The molecule has 1 aliphatic rings. The molecule has 8 nitrogen and oxygen atoms in total. The van der Waals surface area contributed by atoms with E-state index in [1.165, 1.54) is 0 Å². The number of nitrogens with zero attached hydrogens (tertiary/aromatic N) is 3. The predicted molar refractivity (Wildman–Crippen MR) is 121 cm³/mol. The topological polar surface area (TPSA) is 129 Å². The number of fused-ring (bicyclic) bond motifs is 1. The summed E-state index contributed by atoms with van der Waals surface area (Å²) in [6, 6.07) is 25.2. The molecule has 2 atom stereocenters. The van der Waals surface area contributed by atoms with E-state index in [-0.39, 0.29) is 5.78 Å². The monoisotopic (exact) mass is 443 g/mol. The summed E-state index contributed by atoms with van der Waals surface area (Å²) < 4.78 is 5.10. The zero-order chi connectivity index (χ0) is 23.8. The Morgan fingerprint density at radius 3 is 2.00 bits per heavy atom. The molecule has 2 unspecified atom stereocenters. The Morgan fingerprint density at radius 2 is 1.48 bits per heavy atom. The molecule has 8 heteroatoms. The minimum Gasteiger partial charge on any atom is -0.481 e. The SMILES string of the molecule is CC1(N=[N+]=[N-])c2ccccc2OC(=O)C1CC(=O)O.O=C(c1ccccc1)c1ccccc1. The predicted octanol–water partition coefficient (Wildman–Crippen LogP) is 5.14. The van der Waals surface area contributed by atoms with E-state index in [1.54, 1.807) is 31.2 Å². The minimum atomic E-state index is -1.26. The molecule has 0 aliphatic carbocycles. The van der Waals surface area contributed by atoms with Crippen LogP contribution in [-0.2, 0) is 15.1 Å². The number of carbonyl (C=O) groups excluding carboxylic acids is 2. The Balaban J connectivity index is 0.000000194. The summed E-state index contributed by atoms with van der Waals surface area (Å²) in [6.45, 7) is 1.54. The third-order valence-corrected chi connectivity index (χ3v) is 5.31. The van der Waals surface area contributed by atoms with Crippen LogP contribution in [0.3, 0.4) is 0 Å². The van der Waals surface area contributed by atoms with Crippen molar-refractivity contribution >= 4 is 17.7 Å². The third kappa shape index (κ3) is 5.26. The number of hydrogen-bond donors (Lipinski definition) is 1. The molecule has 0 aromatic heterocycles. The molecule has 0 bridgehead atoms. The van der Waals surface area contributed by atoms with Crippen LogP contribution in [0.25, 0.3) is 10.4 Å². The zero-order valence-electron chi connectivity index (χ0n) is 17.8. The number of ketones is 1. The van der Waals surface area contributed by atoms with E-state index < -0.39 is 29.8 Å². The smallest absolute Gasteiger partial charge is 0.315 e. The lowest BCUT2D eigenvalue weighted by Gasteiger charge is -2.36. The highest BCUT2D eigenvalue weighted by molar-refractivity contribution is 6.08. The van der Waals surface area contributed by atoms with Crippen molar-refractivity contribution in [1.82, 2.24) is 0 Å². The lowest BCUT2D eigenvalue weighted by Crippen LogP contribution is -2.43. The number of rotatable bonds is 5. The maximum absolute atomic E-state index is 11.9. The Morgan fingerprint density at radius 1 is 0.970 bits per heavy atom. The van der Waals surface area contributed by atoms with E-state index >= 15 is 0 Å². The van der Waals surface area contributed by atoms with E-state index in [1.807, 2.05) is 60.7 Å². The molecule has 0 spiro atoms. The Labute approximate surface area is 190 Å². The van der Waals surface area contributed by atoms with Gasteiger partial charge in [0.15, 0.2) is 5.78 Å². The number of carbonyl (C=O) groups is 3. The fourth-order valence-electron chi connectivity index (χ4n) is 3.59. The van der Waals surface area contributed by atoms with Crippen molar-refractivity contribution in [2.45, 2.75) is 18.9 Å². The van der Waals surface area contributed by atoms with Crippen molar-refractivity contribution in [3.8, 4) is 5.75 Å². The fourth-order valence-corrected chi connectivity index (χ4v) is 3.59. The van der Waals surface area contributed by atoms with Crippen molar-refractivity contribution in [2.75, 3.05) is 0 Å². The number of aliphatic carboxylic acids is 1. The fraction of sp³-hybridized carbons (Fsp3) is 0.160. The molecule has 1 aliphatic heterocycles. The first-order valence-electron chi connectivity index (χ1n) is 10.1. The molecule has 1 heterocycles. The van der Waals surface area contributed by atoms with Crippen LogP contribution in [0.4, 0.5) is 0 Å². The summed E-state index contributed by atoms with van der Waals surface area (Å²) in [5.74, 6) is -2.53. The number of benzene rings is 3. The molecule has 0 amide bonds. The summed E-state index contributed by atoms with van der Waals surface area (Å²) in [5, 5.41) is 12.5. The molecule has 0 saturated carbocycles. The number of azide groups is 1. The maximum atomic E-state index is 11.9. The van der Waals surface area contributed by atoms with Crippen LogP contribution < -0.4 is 4.74 Å². The van der Waals surface area contributed by atoms with Crippen LogP contribution in [0.2, 0.25) is 0 Å². The second kappa shape index (κ2) is 10.3. The van der Waals surface area contributed by atoms with Crippen molar-refractivity contribution in [2.24, 2.45) is 11.0 Å². The highest BCUT2D eigenvalue weighted by atomic mass is 16.5. The normalized spacial score (nSPS) is 18.5. The van der Waals surface area contributed by atoms with Gasteiger partial charge < -0.3 is 9.84 Å². The molecule has 0 fully saturated rings. The Kier molecular flexibility index (Phi) is 7.23. The number of para-hydroxylation sites is 1. The molecule has 3 aromatic rings. The van der Waals surface area contributed by atoms with E-state index in [9.17, 15) is 14.4 Å². The van der Waals surface area contributed by atoms with Gasteiger partial charge in [0.05, 0.1) is 17.9 Å². The van der Waals surface area contributed by atoms with Crippen molar-refractivity contribution in [3.63, 3.8) is 0 Å². The average molecular weight is 443 g/mol. The third-order valence-electron chi connectivity index (χ3n) is 5.31. The Bertz CT molecular complexity index is 1170. The number of ether oxygens (including phenoxy) is 1. The van der Waals surface area contributed by atoms with Crippen LogP contribution in [0.5, 0.6) is 5.75 Å². The van der Waals surface area contributed by atoms with Crippen molar-refractivity contribution in [1.29, 1.82) is 0 Å². The molecule has 4 rings (SSSR count). The number of esters is 1. The highest BCUT2D eigenvalue weighted by Crippen LogP contribution is 2.45. The molecule has 0 radical (unpaired) electrons. The molecule has 33 heavy (non-hydrogen) atoms. The lowest BCUT2D eigenvalue weighted by atomic mass is 9.76. The highest BCUT2D eigenvalue weighted by Gasteiger charge is 2.47. The summed E-state index contributed by atoms with van der Waals surface area (Å²) in [4.78, 5) is 37.4. The second-order valence-corrected chi connectivity index (χ2v) is 7.47. The minimum absolute atomic E-state index is 0.0752. The largest absolute Gasteiger partial charge is 0.481 e. The number of hydrogen-bond acceptors (Lipinski definition) is 5. The molecular formula is C25H21N3O5. The number of carboxylic acid groups (broad SMARTS) is 1. The van der Waals surface area contributed by atoms with E-state index in [0.717, 1.165) is 11.1 Å². The van der Waals surface area contributed by atoms with E-state index in [4.69, 9.17) is 15.4 Å². The molecule has 166 valence electrons. The van der Waals surface area contributed by atoms with Gasteiger partial charge in [0.2, 0.25) is 0 Å². The van der Waals surface area contributed by atoms with Crippen LogP contribution in [0, 0.1) is 5.92 Å². The van der Waals surface area contributed by atoms with Gasteiger partial charge in [-0.25, -0.2) is 0 Å². The van der Waals surface area contributed by atoms with E-state index in [2.05, 4.69) is 10.0 Å². The van der Waals surface area contributed by atoms with Gasteiger partial charge >= 0.3 is 11.9 Å². The summed E-state index contributed by atoms with van der Waals surface area (Å²) >= 11 is 0. The van der Waals surface area contributed by atoms with Crippen LogP contribution in [0.1, 0.15) is 34.8 Å². The second-order valence-electron chi connectivity index (χ2n) is 7.47. The van der Waals surface area contributed by atoms with Gasteiger partial charge in [-0.3, -0.25) is 14.4 Å². The summed E-state index contributed by atoms with van der Waals surface area (Å²) in [6.07, 6.45) is -0.456. The zero-order valence-corrected chi connectivity index (χ0v) is 17.8. The van der Waals surface area contributed by atoms with Gasteiger partial charge in [0.25, 0.3) is 0 Å². The first kappa shape index (κ1) is 23.2. The van der Waals surface area contributed by atoms with Gasteiger partial charge in [-0.15, -0.1) is 0 Å². The average Bonchev–Trinajstić information content (AvgIpc) is 2.83. The summed E-state index contributed by atoms with van der Waals surface area (Å²) in [7, 11) is 0. The van der Waals surface area contributed by atoms with Crippen LogP contribution in [0.15, 0.2) is 90.0 Å². The molecular weight excluding hydrogens is 422 g/mol. The summed E-state index contributed by atoms with van der Waals surface area (Å²) in [5.41, 5.74) is 9.42. The van der Waals surface area contributed by atoms with Crippen molar-refractivity contribution in [3.05, 3.63) is 112 Å². The van der Waals surface area contributed by atoms with Gasteiger partial charge in [-0.2, -0.15) is 0 Å². The standard InChI is InChI=1S/C13H10O.C12H11N3O4/c14-13(11-7-3-1-4-8-11)12-9-5-2-6-10-12;1-12(14-15-13)7-4-2-3-5-9(7)19-11(18)8(12)6-10(16)17/h1-10H;2-5,8H,6H2,1H3,(H,16,17). The quantitative estimate of drug-likeness (QED) is 0.146. The molecule has 1 N–H and O–H groups in total. The number of carboxylic acids is 1. The van der Waals surface area contributed by atoms with Gasteiger partial charge in [-0.05, 0) is 18.5 Å². The molecule has 0 saturated heterocycles. The van der Waals surface area contributed by atoms with Gasteiger partial charge in [-0.1, -0.05) is 84.0 Å². The van der Waals surface area contributed by atoms with Gasteiger partial charge in [0, 0.05) is 21.6 Å². The van der Waals surface area contributed by atoms with Crippen LogP contribution in [-0.4, -0.2) is 22.8 Å². The van der Waals surface area contributed by atoms with E-state index in [0.29, 0.717) is 11.3 Å².